The van der Waals surface area contributed by atoms with Gasteiger partial charge in [0, 0.05) is 17.6 Å². The minimum absolute atomic E-state index is 0.0117. The summed E-state index contributed by atoms with van der Waals surface area (Å²) in [7, 11) is 0. The lowest BCUT2D eigenvalue weighted by Crippen LogP contribution is -2.56. The average Bonchev–Trinajstić information content (AvgIpc) is 3.34. The lowest BCUT2D eigenvalue weighted by molar-refractivity contribution is 0.0363. The zero-order chi connectivity index (χ0) is 15.2. The summed E-state index contributed by atoms with van der Waals surface area (Å²) in [5, 5.41) is 10.5. The van der Waals surface area contributed by atoms with Gasteiger partial charge in [0.05, 0.1) is 17.1 Å². The number of nitriles is 1. The van der Waals surface area contributed by atoms with E-state index in [-0.39, 0.29) is 11.9 Å². The summed E-state index contributed by atoms with van der Waals surface area (Å²) in [6, 6.07) is 12.1. The van der Waals surface area contributed by atoms with Gasteiger partial charge in [-0.3, -0.25) is 9.78 Å². The molecule has 0 unspecified atom stereocenters. The third-order valence-corrected chi connectivity index (χ3v) is 4.86. The molecule has 0 aliphatic heterocycles. The maximum Gasteiger partial charge on any atom is 0.256 e. The van der Waals surface area contributed by atoms with E-state index in [0.29, 0.717) is 5.56 Å². The number of fused-ring (bicyclic) bond motifs is 1. The highest BCUT2D eigenvalue weighted by Crippen LogP contribution is 2.44. The summed E-state index contributed by atoms with van der Waals surface area (Å²) in [6.45, 7) is 0. The maximum absolute atomic E-state index is 13.2. The van der Waals surface area contributed by atoms with Crippen molar-refractivity contribution < 1.29 is 4.79 Å². The monoisotopic (exact) mass is 291 g/mol. The lowest BCUT2D eigenvalue weighted by atomic mass is 9.76. The number of benzene rings is 1. The smallest absolute Gasteiger partial charge is 0.256 e. The van der Waals surface area contributed by atoms with Crippen molar-refractivity contribution in [1.82, 2.24) is 9.88 Å². The molecule has 22 heavy (non-hydrogen) atoms. The van der Waals surface area contributed by atoms with Crippen LogP contribution in [0, 0.1) is 11.3 Å². The van der Waals surface area contributed by atoms with E-state index in [0.717, 1.165) is 43.0 Å². The number of rotatable bonds is 3. The van der Waals surface area contributed by atoms with Gasteiger partial charge in [-0.25, -0.2) is 0 Å². The molecular weight excluding hydrogens is 274 g/mol. The minimum Gasteiger partial charge on any atom is -0.317 e. The molecule has 1 aromatic heterocycles. The average molecular weight is 291 g/mol. The number of amides is 1. The van der Waals surface area contributed by atoms with Crippen LogP contribution < -0.4 is 0 Å². The first kappa shape index (κ1) is 13.3. The Labute approximate surface area is 129 Å². The van der Waals surface area contributed by atoms with Gasteiger partial charge in [0.1, 0.15) is 5.54 Å². The molecule has 0 bridgehead atoms. The van der Waals surface area contributed by atoms with Gasteiger partial charge in [-0.05, 0) is 44.2 Å². The second-order valence-electron chi connectivity index (χ2n) is 6.28. The van der Waals surface area contributed by atoms with Gasteiger partial charge in [0.15, 0.2) is 0 Å². The van der Waals surface area contributed by atoms with E-state index in [9.17, 15) is 10.1 Å². The molecule has 4 nitrogen and oxygen atoms in total. The third-order valence-electron chi connectivity index (χ3n) is 4.86. The van der Waals surface area contributed by atoms with Gasteiger partial charge in [-0.2, -0.15) is 5.26 Å². The molecule has 2 fully saturated rings. The Bertz CT molecular complexity index is 779. The molecule has 2 saturated carbocycles. The van der Waals surface area contributed by atoms with E-state index in [4.69, 9.17) is 0 Å². The predicted octanol–water partition coefficient (Wildman–Crippen LogP) is 3.29. The van der Waals surface area contributed by atoms with Crippen molar-refractivity contribution in [3.8, 4) is 6.07 Å². The number of para-hydroxylation sites is 1. The van der Waals surface area contributed by atoms with Crippen molar-refractivity contribution in [3.63, 3.8) is 0 Å². The molecule has 2 aliphatic carbocycles. The molecular formula is C18H17N3O. The van der Waals surface area contributed by atoms with Crippen LogP contribution in [0.4, 0.5) is 0 Å². The van der Waals surface area contributed by atoms with E-state index in [1.165, 1.54) is 0 Å². The molecule has 0 spiro atoms. The topological polar surface area (TPSA) is 57.0 Å². The Kier molecular flexibility index (Phi) is 2.90. The molecule has 2 aromatic rings. The Hall–Kier alpha value is -2.41. The van der Waals surface area contributed by atoms with Gasteiger partial charge < -0.3 is 4.90 Å². The minimum atomic E-state index is -0.581. The van der Waals surface area contributed by atoms with E-state index in [2.05, 4.69) is 11.1 Å². The number of carbonyl (C=O) groups is 1. The molecule has 1 heterocycles. The van der Waals surface area contributed by atoms with E-state index in [1.807, 2.05) is 29.2 Å². The van der Waals surface area contributed by atoms with Crippen LogP contribution in [0.25, 0.3) is 10.9 Å². The summed E-state index contributed by atoms with van der Waals surface area (Å²) in [5.74, 6) is -0.0117. The Balaban J connectivity index is 1.80. The van der Waals surface area contributed by atoms with Crippen molar-refractivity contribution >= 4 is 16.8 Å². The molecule has 4 heteroatoms. The van der Waals surface area contributed by atoms with Crippen molar-refractivity contribution in [2.45, 2.75) is 43.7 Å². The fourth-order valence-electron chi connectivity index (χ4n) is 3.37. The molecule has 4 rings (SSSR count). The molecule has 1 aromatic carbocycles. The largest absolute Gasteiger partial charge is 0.317 e. The number of carbonyl (C=O) groups excluding carboxylic acids is 1. The molecule has 0 atom stereocenters. The number of pyridine rings is 1. The van der Waals surface area contributed by atoms with E-state index < -0.39 is 5.54 Å². The van der Waals surface area contributed by atoms with Crippen molar-refractivity contribution in [1.29, 1.82) is 5.26 Å². The first-order valence-electron chi connectivity index (χ1n) is 7.84. The second-order valence-corrected chi connectivity index (χ2v) is 6.28. The van der Waals surface area contributed by atoms with Crippen molar-refractivity contribution in [2.75, 3.05) is 0 Å². The SMILES string of the molecule is N#CC1(N(C(=O)c2ccnc3ccccc23)C2CC2)CCC1. The number of aromatic nitrogens is 1. The van der Waals surface area contributed by atoms with Crippen molar-refractivity contribution in [3.05, 3.63) is 42.1 Å². The first-order valence-corrected chi connectivity index (χ1v) is 7.84. The Morgan fingerprint density at radius 3 is 2.68 bits per heavy atom. The zero-order valence-electron chi connectivity index (χ0n) is 12.3. The normalized spacial score (nSPS) is 19.2. The van der Waals surface area contributed by atoms with Crippen LogP contribution >= 0.6 is 0 Å². The highest BCUT2D eigenvalue weighted by molar-refractivity contribution is 6.06. The highest BCUT2D eigenvalue weighted by Gasteiger charge is 2.51. The molecule has 0 radical (unpaired) electrons. The number of hydrogen-bond donors (Lipinski definition) is 0. The van der Waals surface area contributed by atoms with Gasteiger partial charge in [0.2, 0.25) is 0 Å². The van der Waals surface area contributed by atoms with Crippen LogP contribution in [0.15, 0.2) is 36.5 Å². The second kappa shape index (κ2) is 4.81. The summed E-state index contributed by atoms with van der Waals surface area (Å²) >= 11 is 0. The van der Waals surface area contributed by atoms with Crippen LogP contribution in [0.3, 0.4) is 0 Å². The summed E-state index contributed by atoms with van der Waals surface area (Å²) < 4.78 is 0. The van der Waals surface area contributed by atoms with Crippen LogP contribution in [0.2, 0.25) is 0 Å². The van der Waals surface area contributed by atoms with Crippen LogP contribution in [-0.2, 0) is 0 Å². The Morgan fingerprint density at radius 2 is 2.05 bits per heavy atom. The van der Waals surface area contributed by atoms with Gasteiger partial charge >= 0.3 is 0 Å². The van der Waals surface area contributed by atoms with Gasteiger partial charge in [-0.1, -0.05) is 18.2 Å². The molecule has 0 N–H and O–H groups in total. The summed E-state index contributed by atoms with van der Waals surface area (Å²) in [6.07, 6.45) is 6.33. The van der Waals surface area contributed by atoms with Crippen LogP contribution in [-0.4, -0.2) is 27.4 Å². The van der Waals surface area contributed by atoms with Gasteiger partial charge in [0.25, 0.3) is 5.91 Å². The maximum atomic E-state index is 13.2. The quantitative estimate of drug-likeness (QED) is 0.872. The molecule has 2 aliphatic rings. The first-order chi connectivity index (χ1) is 10.7. The zero-order valence-corrected chi connectivity index (χ0v) is 12.3. The molecule has 1 amide bonds. The van der Waals surface area contributed by atoms with Crippen LogP contribution in [0.5, 0.6) is 0 Å². The lowest BCUT2D eigenvalue weighted by Gasteiger charge is -2.45. The summed E-state index contributed by atoms with van der Waals surface area (Å²) in [4.78, 5) is 19.4. The molecule has 0 saturated heterocycles. The predicted molar refractivity (Wildman–Crippen MR) is 83.1 cm³/mol. The van der Waals surface area contributed by atoms with Crippen molar-refractivity contribution in [2.24, 2.45) is 0 Å². The fourth-order valence-corrected chi connectivity index (χ4v) is 3.37. The standard InChI is InChI=1S/C18H17N3O/c19-12-18(9-3-10-18)21(13-6-7-13)17(22)15-8-11-20-16-5-2-1-4-14(15)16/h1-2,4-5,8,11,13H,3,6-7,9-10H2. The van der Waals surface area contributed by atoms with E-state index >= 15 is 0 Å². The molecule has 110 valence electrons. The third kappa shape index (κ3) is 1.89. The summed E-state index contributed by atoms with van der Waals surface area (Å²) in [5.41, 5.74) is 0.908. The van der Waals surface area contributed by atoms with Gasteiger partial charge in [-0.15, -0.1) is 0 Å². The van der Waals surface area contributed by atoms with E-state index in [1.54, 1.807) is 12.3 Å². The number of hydrogen-bond acceptors (Lipinski definition) is 3. The Morgan fingerprint density at radius 1 is 1.27 bits per heavy atom. The fraction of sp³-hybridized carbons (Fsp3) is 0.389. The highest BCUT2D eigenvalue weighted by atomic mass is 16.2. The van der Waals surface area contributed by atoms with Crippen LogP contribution in [0.1, 0.15) is 42.5 Å². The number of nitrogens with zero attached hydrogens (tertiary/aromatic N) is 3.